The van der Waals surface area contributed by atoms with E-state index in [1.54, 1.807) is 7.11 Å². The van der Waals surface area contributed by atoms with Crippen molar-refractivity contribution in [2.45, 2.75) is 20.8 Å². The maximum absolute atomic E-state index is 4.97. The molecule has 0 aromatic rings. The second-order valence-electron chi connectivity index (χ2n) is 4.28. The van der Waals surface area contributed by atoms with Gasteiger partial charge in [-0.15, -0.1) is 0 Å². The first-order chi connectivity index (χ1) is 5.95. The van der Waals surface area contributed by atoms with E-state index in [1.165, 1.54) is 0 Å². The lowest BCUT2D eigenvalue weighted by Gasteiger charge is -2.12. The van der Waals surface area contributed by atoms with E-state index < -0.39 is 0 Å². The van der Waals surface area contributed by atoms with Crippen molar-refractivity contribution >= 4 is 0 Å². The van der Waals surface area contributed by atoms with Gasteiger partial charge >= 0.3 is 0 Å². The third kappa shape index (κ3) is 9.39. The van der Waals surface area contributed by atoms with Crippen molar-refractivity contribution in [2.24, 2.45) is 5.41 Å². The number of ether oxygens (including phenoxy) is 1. The second-order valence-corrected chi connectivity index (χ2v) is 4.28. The fourth-order valence-corrected chi connectivity index (χ4v) is 0.766. The zero-order chi connectivity index (χ0) is 10.3. The lowest BCUT2D eigenvalue weighted by atomic mass is 9.98. The maximum atomic E-state index is 4.97. The summed E-state index contributed by atoms with van der Waals surface area (Å²) in [7, 11) is 3.77. The third-order valence-corrected chi connectivity index (χ3v) is 1.49. The molecule has 2 heteroatoms. The fraction of sp³-hybridized carbons (Fsp3) is 0.818. The van der Waals surface area contributed by atoms with Crippen LogP contribution in [-0.2, 0) is 4.74 Å². The van der Waals surface area contributed by atoms with Gasteiger partial charge in [-0.05, 0) is 27.8 Å². The monoisotopic (exact) mass is 183 g/mol. The van der Waals surface area contributed by atoms with Crippen LogP contribution in [0.15, 0.2) is 0 Å². The van der Waals surface area contributed by atoms with Crippen molar-refractivity contribution in [1.82, 2.24) is 4.90 Å². The summed E-state index contributed by atoms with van der Waals surface area (Å²) in [4.78, 5) is 2.15. The van der Waals surface area contributed by atoms with E-state index in [0.717, 1.165) is 19.7 Å². The van der Waals surface area contributed by atoms with Gasteiger partial charge in [-0.3, -0.25) is 4.90 Å². The van der Waals surface area contributed by atoms with Crippen molar-refractivity contribution in [1.29, 1.82) is 0 Å². The van der Waals surface area contributed by atoms with Crippen molar-refractivity contribution in [3.63, 3.8) is 0 Å². The maximum Gasteiger partial charge on any atom is 0.0600 e. The molecule has 13 heavy (non-hydrogen) atoms. The van der Waals surface area contributed by atoms with Crippen LogP contribution in [0.5, 0.6) is 0 Å². The molecule has 0 atom stereocenters. The molecular weight excluding hydrogens is 162 g/mol. The summed E-state index contributed by atoms with van der Waals surface area (Å²) in [5.74, 6) is 6.35. The van der Waals surface area contributed by atoms with Crippen LogP contribution in [-0.4, -0.2) is 38.8 Å². The Morgan fingerprint density at radius 3 is 2.38 bits per heavy atom. The van der Waals surface area contributed by atoms with Gasteiger partial charge < -0.3 is 4.74 Å². The van der Waals surface area contributed by atoms with Gasteiger partial charge in [-0.2, -0.15) is 0 Å². The van der Waals surface area contributed by atoms with E-state index in [1.807, 2.05) is 0 Å². The van der Waals surface area contributed by atoms with Crippen LogP contribution in [0.3, 0.4) is 0 Å². The number of rotatable bonds is 4. The number of hydrogen-bond donors (Lipinski definition) is 0. The predicted octanol–water partition coefficient (Wildman–Crippen LogP) is 1.61. The topological polar surface area (TPSA) is 12.5 Å². The summed E-state index contributed by atoms with van der Waals surface area (Å²) < 4.78 is 4.97. The molecule has 0 N–H and O–H groups in total. The normalized spacial score (nSPS) is 11.2. The molecule has 76 valence electrons. The Morgan fingerprint density at radius 1 is 1.31 bits per heavy atom. The Hall–Kier alpha value is -0.520. The molecule has 0 aromatic carbocycles. The first-order valence-electron chi connectivity index (χ1n) is 4.63. The van der Waals surface area contributed by atoms with E-state index in [9.17, 15) is 0 Å². The quantitative estimate of drug-likeness (QED) is 0.614. The highest BCUT2D eigenvalue weighted by Crippen LogP contribution is 2.09. The third-order valence-electron chi connectivity index (χ3n) is 1.49. The zero-order valence-corrected chi connectivity index (χ0v) is 9.48. The number of methoxy groups -OCH3 is 1. The number of hydrogen-bond acceptors (Lipinski definition) is 2. The van der Waals surface area contributed by atoms with Crippen LogP contribution < -0.4 is 0 Å². The summed E-state index contributed by atoms with van der Waals surface area (Å²) in [5.41, 5.74) is 0.113. The molecular formula is C11H21NO. The van der Waals surface area contributed by atoms with Gasteiger partial charge in [0.15, 0.2) is 0 Å². The van der Waals surface area contributed by atoms with Gasteiger partial charge in [0.2, 0.25) is 0 Å². The second kappa shape index (κ2) is 6.01. The Morgan fingerprint density at radius 2 is 1.92 bits per heavy atom. The van der Waals surface area contributed by atoms with Crippen molar-refractivity contribution in [2.75, 3.05) is 33.9 Å². The summed E-state index contributed by atoms with van der Waals surface area (Å²) in [6.07, 6.45) is 0. The molecule has 0 bridgehead atoms. The fourth-order valence-electron chi connectivity index (χ4n) is 0.766. The van der Waals surface area contributed by atoms with Crippen LogP contribution in [0.4, 0.5) is 0 Å². The van der Waals surface area contributed by atoms with Gasteiger partial charge in [0.05, 0.1) is 13.2 Å². The number of nitrogens with zero attached hydrogens (tertiary/aromatic N) is 1. The SMILES string of the molecule is COCCN(C)CC#CC(C)(C)C. The molecule has 0 radical (unpaired) electrons. The first kappa shape index (κ1) is 12.5. The van der Waals surface area contributed by atoms with Gasteiger partial charge in [0, 0.05) is 19.1 Å². The summed E-state index contributed by atoms with van der Waals surface area (Å²) in [5, 5.41) is 0. The van der Waals surface area contributed by atoms with Crippen molar-refractivity contribution < 1.29 is 4.74 Å². The van der Waals surface area contributed by atoms with Crippen LogP contribution >= 0.6 is 0 Å². The van der Waals surface area contributed by atoms with E-state index in [-0.39, 0.29) is 5.41 Å². The molecule has 0 fully saturated rings. The molecule has 0 aliphatic rings. The summed E-state index contributed by atoms with van der Waals surface area (Å²) in [6.45, 7) is 8.89. The molecule has 2 nitrogen and oxygen atoms in total. The first-order valence-corrected chi connectivity index (χ1v) is 4.63. The van der Waals surface area contributed by atoms with Crippen LogP contribution in [0.2, 0.25) is 0 Å². The Kier molecular flexibility index (Phi) is 5.77. The Bertz CT molecular complexity index is 182. The van der Waals surface area contributed by atoms with E-state index in [0.29, 0.717) is 0 Å². The Labute approximate surface area is 82.3 Å². The largest absolute Gasteiger partial charge is 0.383 e. The molecule has 0 saturated carbocycles. The highest BCUT2D eigenvalue weighted by atomic mass is 16.5. The van der Waals surface area contributed by atoms with Gasteiger partial charge in [-0.25, -0.2) is 0 Å². The van der Waals surface area contributed by atoms with Crippen molar-refractivity contribution in [3.05, 3.63) is 0 Å². The van der Waals surface area contributed by atoms with Crippen LogP contribution in [0.1, 0.15) is 20.8 Å². The Balaban J connectivity index is 3.66. The molecule has 0 aromatic heterocycles. The van der Waals surface area contributed by atoms with Crippen LogP contribution in [0, 0.1) is 17.3 Å². The molecule has 0 spiro atoms. The summed E-state index contributed by atoms with van der Waals surface area (Å²) in [6, 6.07) is 0. The average Bonchev–Trinajstić information content (AvgIpc) is 1.98. The van der Waals surface area contributed by atoms with E-state index in [2.05, 4.69) is 44.6 Å². The van der Waals surface area contributed by atoms with Gasteiger partial charge in [-0.1, -0.05) is 11.8 Å². The minimum atomic E-state index is 0.113. The average molecular weight is 183 g/mol. The van der Waals surface area contributed by atoms with Gasteiger partial charge in [0.25, 0.3) is 0 Å². The molecule has 0 aliphatic heterocycles. The highest BCUT2D eigenvalue weighted by molar-refractivity contribution is 5.08. The van der Waals surface area contributed by atoms with Crippen LogP contribution in [0.25, 0.3) is 0 Å². The minimum absolute atomic E-state index is 0.113. The molecule has 0 heterocycles. The highest BCUT2D eigenvalue weighted by Gasteiger charge is 2.03. The molecule has 0 aliphatic carbocycles. The van der Waals surface area contributed by atoms with E-state index >= 15 is 0 Å². The van der Waals surface area contributed by atoms with Crippen molar-refractivity contribution in [3.8, 4) is 11.8 Å². The lowest BCUT2D eigenvalue weighted by molar-refractivity contribution is 0.167. The molecule has 0 rings (SSSR count). The zero-order valence-electron chi connectivity index (χ0n) is 9.48. The lowest BCUT2D eigenvalue weighted by Crippen LogP contribution is -2.23. The molecule has 0 unspecified atom stereocenters. The predicted molar refractivity (Wildman–Crippen MR) is 56.6 cm³/mol. The van der Waals surface area contributed by atoms with E-state index in [4.69, 9.17) is 4.74 Å². The van der Waals surface area contributed by atoms with Gasteiger partial charge in [0.1, 0.15) is 0 Å². The molecule has 0 saturated heterocycles. The standard InChI is InChI=1S/C11H21NO/c1-11(2,3)7-6-8-12(4)9-10-13-5/h8-10H2,1-5H3. The minimum Gasteiger partial charge on any atom is -0.383 e. The smallest absolute Gasteiger partial charge is 0.0600 e. The summed E-state index contributed by atoms with van der Waals surface area (Å²) >= 11 is 0. The molecule has 0 amide bonds. The number of likely N-dealkylation sites (N-methyl/N-ethyl adjacent to an activating group) is 1.